The van der Waals surface area contributed by atoms with E-state index in [1.807, 2.05) is 66.7 Å². The molecular formula is C67H40N4O2. The lowest BCUT2D eigenvalue weighted by Gasteiger charge is -2.14. The number of hydrogen-bond donors (Lipinski definition) is 0. The molecule has 0 radical (unpaired) electrons. The molecule has 0 atom stereocenters. The SMILES string of the molecule is c1ccc(-c2nc(-c3cccc(-c4cccc(-n5c6ccc7ccccc7c6c6cccc(-c7cccc(-c8cccc9c8oc8ccccc89)c7)c65)c4)c3)nc(-c3ccc4c(c3)oc3ccccc34)n2)cc1. The number of benzene rings is 11. The second-order valence-corrected chi connectivity index (χ2v) is 18.7. The largest absolute Gasteiger partial charge is 0.456 e. The lowest BCUT2D eigenvalue weighted by molar-refractivity contribution is 0.669. The van der Waals surface area contributed by atoms with E-state index in [0.717, 1.165) is 111 Å². The highest BCUT2D eigenvalue weighted by atomic mass is 16.3. The summed E-state index contributed by atoms with van der Waals surface area (Å²) < 4.78 is 15.3. The Labute approximate surface area is 418 Å². The van der Waals surface area contributed by atoms with Crippen LogP contribution in [0, 0.1) is 0 Å². The van der Waals surface area contributed by atoms with E-state index in [1.165, 1.54) is 21.5 Å². The summed E-state index contributed by atoms with van der Waals surface area (Å²) >= 11 is 0. The first-order valence-electron chi connectivity index (χ1n) is 24.6. The van der Waals surface area contributed by atoms with Gasteiger partial charge in [-0.2, -0.15) is 0 Å². The third-order valence-corrected chi connectivity index (χ3v) is 14.4. The van der Waals surface area contributed by atoms with Crippen molar-refractivity contribution >= 4 is 76.5 Å². The van der Waals surface area contributed by atoms with Crippen molar-refractivity contribution in [2.75, 3.05) is 0 Å². The van der Waals surface area contributed by atoms with Crippen LogP contribution in [0.3, 0.4) is 0 Å². The Morgan fingerprint density at radius 2 is 0.836 bits per heavy atom. The summed E-state index contributed by atoms with van der Waals surface area (Å²) in [4.78, 5) is 15.3. The molecule has 0 saturated heterocycles. The molecule has 0 bridgehead atoms. The summed E-state index contributed by atoms with van der Waals surface area (Å²) in [5.74, 6) is 1.76. The first-order chi connectivity index (χ1) is 36.2. The van der Waals surface area contributed by atoms with Crippen LogP contribution in [0.4, 0.5) is 0 Å². The predicted octanol–water partition coefficient (Wildman–Crippen LogP) is 17.9. The molecule has 11 aromatic carbocycles. The maximum Gasteiger partial charge on any atom is 0.164 e. The fourth-order valence-corrected chi connectivity index (χ4v) is 11.0. The standard InChI is InChI=1S/C67H40N4O2/c1-2-16-42(17-3-1)65-68-66(70-67(69-65)48-33-35-55-53-25-6-8-31-59(53)72-61(55)40-48)47-22-10-18-43(37-47)44-19-12-23-49(39-44)71-58-36-34-41-15-4-5-24-50(41)62(58)57-30-13-27-51(63(57)71)45-20-11-21-46(38-45)52-28-14-29-56-54-26-7-9-32-60(54)73-64(52)56/h1-40H. The van der Waals surface area contributed by atoms with Crippen LogP contribution in [-0.2, 0) is 0 Å². The van der Waals surface area contributed by atoms with Gasteiger partial charge in [0.25, 0.3) is 0 Å². The van der Waals surface area contributed by atoms with E-state index < -0.39 is 0 Å². The minimum absolute atomic E-state index is 0.574. The zero-order chi connectivity index (χ0) is 48.0. The number of aromatic nitrogens is 4. The summed E-state index contributed by atoms with van der Waals surface area (Å²) in [5, 5.41) is 9.22. The van der Waals surface area contributed by atoms with Crippen molar-refractivity contribution in [2.45, 2.75) is 0 Å². The fourth-order valence-electron chi connectivity index (χ4n) is 11.0. The van der Waals surface area contributed by atoms with Crippen LogP contribution in [0.15, 0.2) is 251 Å². The van der Waals surface area contributed by atoms with Crippen molar-refractivity contribution in [1.29, 1.82) is 0 Å². The molecule has 73 heavy (non-hydrogen) atoms. The summed E-state index contributed by atoms with van der Waals surface area (Å²) in [6, 6.07) is 85.4. The Bertz CT molecular complexity index is 4700. The predicted molar refractivity (Wildman–Crippen MR) is 299 cm³/mol. The first kappa shape index (κ1) is 40.9. The molecule has 6 heteroatoms. The number of para-hydroxylation sites is 4. The van der Waals surface area contributed by atoms with Crippen LogP contribution in [-0.4, -0.2) is 19.5 Å². The molecule has 15 aromatic rings. The molecule has 0 aliphatic heterocycles. The molecule has 0 spiro atoms. The van der Waals surface area contributed by atoms with Crippen molar-refractivity contribution < 1.29 is 8.83 Å². The summed E-state index contributed by atoms with van der Waals surface area (Å²) in [5.41, 5.74) is 16.0. The molecule has 0 N–H and O–H groups in total. The van der Waals surface area contributed by atoms with E-state index in [2.05, 4.69) is 180 Å². The van der Waals surface area contributed by atoms with Gasteiger partial charge in [0.15, 0.2) is 17.5 Å². The van der Waals surface area contributed by atoms with Gasteiger partial charge < -0.3 is 13.4 Å². The maximum absolute atomic E-state index is 6.54. The summed E-state index contributed by atoms with van der Waals surface area (Å²) in [6.45, 7) is 0. The van der Waals surface area contributed by atoms with E-state index >= 15 is 0 Å². The highest BCUT2D eigenvalue weighted by Gasteiger charge is 2.21. The highest BCUT2D eigenvalue weighted by Crippen LogP contribution is 2.44. The van der Waals surface area contributed by atoms with Crippen LogP contribution < -0.4 is 0 Å². The van der Waals surface area contributed by atoms with E-state index in [-0.39, 0.29) is 0 Å². The van der Waals surface area contributed by atoms with Gasteiger partial charge in [0.05, 0.1) is 11.0 Å². The van der Waals surface area contributed by atoms with Gasteiger partial charge in [-0.1, -0.05) is 188 Å². The van der Waals surface area contributed by atoms with Gasteiger partial charge in [-0.3, -0.25) is 0 Å². The lowest BCUT2D eigenvalue weighted by atomic mass is 9.96. The van der Waals surface area contributed by atoms with Crippen LogP contribution in [0.1, 0.15) is 0 Å². The van der Waals surface area contributed by atoms with E-state index in [0.29, 0.717) is 17.5 Å². The van der Waals surface area contributed by atoms with Crippen LogP contribution >= 0.6 is 0 Å². The smallest absolute Gasteiger partial charge is 0.164 e. The molecule has 0 aliphatic carbocycles. The lowest BCUT2D eigenvalue weighted by Crippen LogP contribution is -2.00. The second kappa shape index (κ2) is 16.3. The monoisotopic (exact) mass is 932 g/mol. The van der Waals surface area contributed by atoms with Crippen molar-refractivity contribution in [1.82, 2.24) is 19.5 Å². The van der Waals surface area contributed by atoms with Gasteiger partial charge in [0, 0.05) is 65.8 Å². The molecule has 4 aromatic heterocycles. The minimum atomic E-state index is 0.574. The molecule has 340 valence electrons. The number of hydrogen-bond acceptors (Lipinski definition) is 5. The zero-order valence-electron chi connectivity index (χ0n) is 39.2. The maximum atomic E-state index is 6.54. The van der Waals surface area contributed by atoms with Gasteiger partial charge >= 0.3 is 0 Å². The quantitative estimate of drug-likeness (QED) is 0.159. The molecule has 0 amide bonds. The van der Waals surface area contributed by atoms with Crippen LogP contribution in [0.2, 0.25) is 0 Å². The molecule has 4 heterocycles. The van der Waals surface area contributed by atoms with Gasteiger partial charge in [-0.05, 0) is 87.6 Å². The molecular weight excluding hydrogens is 893 g/mol. The number of rotatable bonds is 7. The zero-order valence-corrected chi connectivity index (χ0v) is 39.2. The summed E-state index contributed by atoms with van der Waals surface area (Å²) in [6.07, 6.45) is 0. The van der Waals surface area contributed by atoms with Gasteiger partial charge in [0.1, 0.15) is 22.3 Å². The van der Waals surface area contributed by atoms with E-state index in [4.69, 9.17) is 23.8 Å². The van der Waals surface area contributed by atoms with Gasteiger partial charge in [-0.25, -0.2) is 15.0 Å². The second-order valence-electron chi connectivity index (χ2n) is 18.7. The van der Waals surface area contributed by atoms with Gasteiger partial charge in [-0.15, -0.1) is 0 Å². The third-order valence-electron chi connectivity index (χ3n) is 14.4. The van der Waals surface area contributed by atoms with Crippen molar-refractivity contribution in [3.8, 4) is 73.2 Å². The van der Waals surface area contributed by atoms with Crippen molar-refractivity contribution in [2.24, 2.45) is 0 Å². The Hall–Kier alpha value is -9.91. The van der Waals surface area contributed by atoms with E-state index in [9.17, 15) is 0 Å². The molecule has 0 unspecified atom stereocenters. The van der Waals surface area contributed by atoms with Crippen molar-refractivity contribution in [3.05, 3.63) is 243 Å². The number of fused-ring (bicyclic) bond motifs is 11. The Morgan fingerprint density at radius 1 is 0.301 bits per heavy atom. The van der Waals surface area contributed by atoms with Crippen molar-refractivity contribution in [3.63, 3.8) is 0 Å². The first-order valence-corrected chi connectivity index (χ1v) is 24.6. The molecule has 0 aliphatic rings. The molecule has 6 nitrogen and oxygen atoms in total. The molecule has 15 rings (SSSR count). The Balaban J connectivity index is 0.877. The average molecular weight is 933 g/mol. The fraction of sp³-hybridized carbons (Fsp3) is 0. The van der Waals surface area contributed by atoms with Crippen LogP contribution in [0.25, 0.3) is 150 Å². The average Bonchev–Trinajstić information content (AvgIpc) is 4.17. The Kier molecular flexibility index (Phi) is 9.16. The number of furan rings is 2. The topological polar surface area (TPSA) is 69.9 Å². The molecule has 0 saturated carbocycles. The van der Waals surface area contributed by atoms with E-state index in [1.54, 1.807) is 0 Å². The Morgan fingerprint density at radius 3 is 1.64 bits per heavy atom. The minimum Gasteiger partial charge on any atom is -0.456 e. The molecule has 0 fully saturated rings. The van der Waals surface area contributed by atoms with Crippen LogP contribution in [0.5, 0.6) is 0 Å². The summed E-state index contributed by atoms with van der Waals surface area (Å²) in [7, 11) is 0. The number of nitrogens with zero attached hydrogens (tertiary/aromatic N) is 4. The highest BCUT2D eigenvalue weighted by molar-refractivity contribution is 6.23. The normalized spacial score (nSPS) is 11.8. The van der Waals surface area contributed by atoms with Gasteiger partial charge in [0.2, 0.25) is 0 Å². The third kappa shape index (κ3) is 6.69.